The van der Waals surface area contributed by atoms with Crippen LogP contribution in [0.2, 0.25) is 0 Å². The van der Waals surface area contributed by atoms with E-state index in [4.69, 9.17) is 15.7 Å². The van der Waals surface area contributed by atoms with Crippen molar-refractivity contribution in [3.8, 4) is 17.5 Å². The molecule has 0 aliphatic carbocycles. The van der Waals surface area contributed by atoms with Crippen molar-refractivity contribution >= 4 is 5.82 Å². The summed E-state index contributed by atoms with van der Waals surface area (Å²) in [6.07, 6.45) is 2.12. The lowest BCUT2D eigenvalue weighted by Crippen LogP contribution is -2.03. The zero-order valence-corrected chi connectivity index (χ0v) is 10.8. The molecular weight excluding hydrogens is 240 g/mol. The first kappa shape index (κ1) is 13.0. The van der Waals surface area contributed by atoms with Crippen LogP contribution in [-0.4, -0.2) is 16.4 Å². The van der Waals surface area contributed by atoms with Crippen LogP contribution in [0.1, 0.15) is 25.5 Å². The van der Waals surface area contributed by atoms with Gasteiger partial charge in [0, 0.05) is 12.1 Å². The quantitative estimate of drug-likeness (QED) is 0.834. The van der Waals surface area contributed by atoms with Gasteiger partial charge in [0.2, 0.25) is 0 Å². The molecule has 0 unspecified atom stereocenters. The Balaban J connectivity index is 2.22. The van der Waals surface area contributed by atoms with Gasteiger partial charge in [0.15, 0.2) is 5.69 Å². The highest BCUT2D eigenvalue weighted by Gasteiger charge is 2.07. The second-order valence-corrected chi connectivity index (χ2v) is 4.18. The minimum absolute atomic E-state index is 0.301. The SMILES string of the molecule is CCCCOc1cccc(-n2nc(C#N)cc2N)c1. The minimum atomic E-state index is 0.301. The van der Waals surface area contributed by atoms with E-state index in [1.54, 1.807) is 6.07 Å². The van der Waals surface area contributed by atoms with Crippen molar-refractivity contribution in [2.75, 3.05) is 12.3 Å². The minimum Gasteiger partial charge on any atom is -0.494 e. The summed E-state index contributed by atoms with van der Waals surface area (Å²) in [7, 11) is 0. The van der Waals surface area contributed by atoms with Gasteiger partial charge in [-0.25, -0.2) is 4.68 Å². The summed E-state index contributed by atoms with van der Waals surface area (Å²) >= 11 is 0. The fraction of sp³-hybridized carbons (Fsp3) is 0.286. The number of nitrogen functional groups attached to an aromatic ring is 1. The standard InChI is InChI=1S/C14H16N4O/c1-2-3-7-19-13-6-4-5-12(9-13)18-14(16)8-11(10-15)17-18/h4-6,8-9H,2-3,7,16H2,1H3. The molecule has 0 fully saturated rings. The Bertz CT molecular complexity index is 598. The number of ether oxygens (including phenoxy) is 1. The average molecular weight is 256 g/mol. The topological polar surface area (TPSA) is 76.9 Å². The Labute approximate surface area is 112 Å². The number of aromatic nitrogens is 2. The van der Waals surface area contributed by atoms with Crippen molar-refractivity contribution in [3.63, 3.8) is 0 Å². The van der Waals surface area contributed by atoms with Gasteiger partial charge in [-0.3, -0.25) is 0 Å². The summed E-state index contributed by atoms with van der Waals surface area (Å²) in [5.74, 6) is 1.21. The third kappa shape index (κ3) is 3.05. The molecule has 19 heavy (non-hydrogen) atoms. The maximum Gasteiger partial charge on any atom is 0.165 e. The number of anilines is 1. The normalized spacial score (nSPS) is 10.1. The van der Waals surface area contributed by atoms with Gasteiger partial charge in [0.25, 0.3) is 0 Å². The van der Waals surface area contributed by atoms with E-state index in [1.807, 2.05) is 30.3 Å². The lowest BCUT2D eigenvalue weighted by atomic mass is 10.3. The molecule has 0 aliphatic heterocycles. The summed E-state index contributed by atoms with van der Waals surface area (Å²) in [6, 6.07) is 11.0. The van der Waals surface area contributed by atoms with Crippen LogP contribution in [0.3, 0.4) is 0 Å². The van der Waals surface area contributed by atoms with Gasteiger partial charge in [-0.15, -0.1) is 0 Å². The molecule has 0 spiro atoms. The molecule has 98 valence electrons. The van der Waals surface area contributed by atoms with Crippen LogP contribution in [0.4, 0.5) is 5.82 Å². The predicted octanol–water partition coefficient (Wildman–Crippen LogP) is 2.51. The van der Waals surface area contributed by atoms with E-state index in [9.17, 15) is 0 Å². The van der Waals surface area contributed by atoms with Gasteiger partial charge in [-0.1, -0.05) is 19.4 Å². The first-order valence-corrected chi connectivity index (χ1v) is 6.23. The van der Waals surface area contributed by atoms with Crippen molar-refractivity contribution in [2.45, 2.75) is 19.8 Å². The molecule has 0 saturated heterocycles. The Morgan fingerprint density at radius 3 is 2.95 bits per heavy atom. The zero-order chi connectivity index (χ0) is 13.7. The maximum absolute atomic E-state index is 8.81. The van der Waals surface area contributed by atoms with Gasteiger partial charge in [0.05, 0.1) is 12.3 Å². The fourth-order valence-corrected chi connectivity index (χ4v) is 1.70. The molecule has 1 heterocycles. The highest BCUT2D eigenvalue weighted by molar-refractivity contribution is 5.47. The van der Waals surface area contributed by atoms with Gasteiger partial charge in [0.1, 0.15) is 17.6 Å². The number of rotatable bonds is 5. The summed E-state index contributed by atoms with van der Waals surface area (Å²) in [4.78, 5) is 0. The van der Waals surface area contributed by atoms with Crippen molar-refractivity contribution in [2.24, 2.45) is 0 Å². The molecule has 0 aliphatic rings. The van der Waals surface area contributed by atoms with Crippen molar-refractivity contribution in [1.82, 2.24) is 9.78 Å². The molecule has 0 bridgehead atoms. The lowest BCUT2D eigenvalue weighted by molar-refractivity contribution is 0.309. The first-order valence-electron chi connectivity index (χ1n) is 6.23. The Hall–Kier alpha value is -2.48. The number of nitrogens with zero attached hydrogens (tertiary/aromatic N) is 3. The van der Waals surface area contributed by atoms with Crippen LogP contribution in [0.15, 0.2) is 30.3 Å². The van der Waals surface area contributed by atoms with E-state index in [2.05, 4.69) is 12.0 Å². The lowest BCUT2D eigenvalue weighted by Gasteiger charge is -2.08. The molecule has 2 N–H and O–H groups in total. The molecule has 2 aromatic rings. The Morgan fingerprint density at radius 1 is 1.42 bits per heavy atom. The van der Waals surface area contributed by atoms with Gasteiger partial charge >= 0.3 is 0 Å². The number of hydrogen-bond acceptors (Lipinski definition) is 4. The predicted molar refractivity (Wildman–Crippen MR) is 73.1 cm³/mol. The molecule has 1 aromatic heterocycles. The molecule has 5 heteroatoms. The molecule has 0 amide bonds. The molecule has 5 nitrogen and oxygen atoms in total. The van der Waals surface area contributed by atoms with Crippen molar-refractivity contribution in [3.05, 3.63) is 36.0 Å². The first-order chi connectivity index (χ1) is 9.24. The van der Waals surface area contributed by atoms with E-state index < -0.39 is 0 Å². The Morgan fingerprint density at radius 2 is 2.26 bits per heavy atom. The van der Waals surface area contributed by atoms with Gasteiger partial charge < -0.3 is 10.5 Å². The van der Waals surface area contributed by atoms with E-state index in [0.29, 0.717) is 18.1 Å². The highest BCUT2D eigenvalue weighted by atomic mass is 16.5. The molecule has 2 rings (SSSR count). The molecule has 0 saturated carbocycles. The zero-order valence-electron chi connectivity index (χ0n) is 10.8. The summed E-state index contributed by atoms with van der Waals surface area (Å²) in [6.45, 7) is 2.81. The summed E-state index contributed by atoms with van der Waals surface area (Å²) < 4.78 is 7.17. The van der Waals surface area contributed by atoms with Crippen molar-refractivity contribution in [1.29, 1.82) is 5.26 Å². The number of nitrogens with two attached hydrogens (primary N) is 1. The smallest absolute Gasteiger partial charge is 0.165 e. The fourth-order valence-electron chi connectivity index (χ4n) is 1.70. The third-order valence-corrected chi connectivity index (χ3v) is 2.68. The van der Waals surface area contributed by atoms with Crippen LogP contribution in [0.5, 0.6) is 5.75 Å². The molecular formula is C14H16N4O. The number of hydrogen-bond donors (Lipinski definition) is 1. The number of unbranched alkanes of at least 4 members (excludes halogenated alkanes) is 1. The van der Waals surface area contributed by atoms with Crippen LogP contribution in [-0.2, 0) is 0 Å². The van der Waals surface area contributed by atoms with E-state index in [0.717, 1.165) is 24.3 Å². The summed E-state index contributed by atoms with van der Waals surface area (Å²) in [5, 5.41) is 12.9. The van der Waals surface area contributed by atoms with Crippen LogP contribution < -0.4 is 10.5 Å². The second kappa shape index (κ2) is 5.91. The Kier molecular flexibility index (Phi) is 4.04. The van der Waals surface area contributed by atoms with E-state index in [1.165, 1.54) is 4.68 Å². The number of nitriles is 1. The van der Waals surface area contributed by atoms with E-state index in [-0.39, 0.29) is 0 Å². The van der Waals surface area contributed by atoms with E-state index >= 15 is 0 Å². The van der Waals surface area contributed by atoms with Gasteiger partial charge in [-0.2, -0.15) is 10.4 Å². The van der Waals surface area contributed by atoms with Crippen LogP contribution in [0.25, 0.3) is 5.69 Å². The maximum atomic E-state index is 8.81. The average Bonchev–Trinajstić information content (AvgIpc) is 2.81. The summed E-state index contributed by atoms with van der Waals surface area (Å²) in [5.41, 5.74) is 6.92. The second-order valence-electron chi connectivity index (χ2n) is 4.18. The largest absolute Gasteiger partial charge is 0.494 e. The molecule has 1 aromatic carbocycles. The highest BCUT2D eigenvalue weighted by Crippen LogP contribution is 2.19. The van der Waals surface area contributed by atoms with Gasteiger partial charge in [-0.05, 0) is 18.6 Å². The number of benzene rings is 1. The van der Waals surface area contributed by atoms with Crippen molar-refractivity contribution < 1.29 is 4.74 Å². The van der Waals surface area contributed by atoms with Crippen LogP contribution in [0, 0.1) is 11.3 Å². The molecule has 0 atom stereocenters. The molecule has 0 radical (unpaired) electrons. The monoisotopic (exact) mass is 256 g/mol. The van der Waals surface area contributed by atoms with Crippen LogP contribution >= 0.6 is 0 Å². The third-order valence-electron chi connectivity index (χ3n) is 2.68.